The molecule has 0 saturated heterocycles. The summed E-state index contributed by atoms with van der Waals surface area (Å²) in [5, 5.41) is 9.49. The summed E-state index contributed by atoms with van der Waals surface area (Å²) < 4.78 is 5.60. The van der Waals surface area contributed by atoms with Crippen molar-refractivity contribution < 1.29 is 9.84 Å². The predicted molar refractivity (Wildman–Crippen MR) is 68.3 cm³/mol. The van der Waals surface area contributed by atoms with Crippen molar-refractivity contribution in [3.05, 3.63) is 53.1 Å². The fourth-order valence-corrected chi connectivity index (χ4v) is 1.55. The molecule has 0 saturated carbocycles. The average molecular weight is 250 g/mol. The highest BCUT2D eigenvalue weighted by atomic mass is 35.5. The first-order chi connectivity index (χ1) is 8.19. The summed E-state index contributed by atoms with van der Waals surface area (Å²) in [7, 11) is 0. The lowest BCUT2D eigenvalue weighted by atomic mass is 10.2. The van der Waals surface area contributed by atoms with Crippen LogP contribution in [-0.4, -0.2) is 5.11 Å². The van der Waals surface area contributed by atoms with Gasteiger partial charge in [-0.1, -0.05) is 23.7 Å². The summed E-state index contributed by atoms with van der Waals surface area (Å²) in [4.78, 5) is 0. The summed E-state index contributed by atoms with van der Waals surface area (Å²) >= 11 is 5.86. The van der Waals surface area contributed by atoms with Crippen LogP contribution in [0.2, 0.25) is 5.02 Å². The van der Waals surface area contributed by atoms with Gasteiger partial charge in [0.1, 0.15) is 5.75 Å². The number of hydrogen-bond acceptors (Lipinski definition) is 3. The molecule has 0 aliphatic heterocycles. The fraction of sp³-hybridized carbons (Fsp3) is 0.0769. The Labute approximate surface area is 104 Å². The summed E-state index contributed by atoms with van der Waals surface area (Å²) in [5.41, 5.74) is 7.13. The smallest absolute Gasteiger partial charge is 0.151 e. The number of hydrogen-bond donors (Lipinski definition) is 2. The van der Waals surface area contributed by atoms with Crippen LogP contribution in [-0.2, 0) is 6.61 Å². The van der Waals surface area contributed by atoms with Crippen molar-refractivity contribution in [3.63, 3.8) is 0 Å². The largest absolute Gasteiger partial charge is 0.455 e. The standard InChI is InChI=1S/C13H12ClNO2/c14-10-3-6-12(15)13(7-10)17-11-4-1-9(8-16)2-5-11/h1-7,16H,8,15H2. The Bertz CT molecular complexity index is 511. The van der Waals surface area contributed by atoms with Gasteiger partial charge in [0.25, 0.3) is 0 Å². The zero-order valence-corrected chi connectivity index (χ0v) is 9.82. The molecular formula is C13H12ClNO2. The van der Waals surface area contributed by atoms with Crippen LogP contribution < -0.4 is 10.5 Å². The third kappa shape index (κ3) is 2.90. The topological polar surface area (TPSA) is 55.5 Å². The molecule has 3 nitrogen and oxygen atoms in total. The van der Waals surface area contributed by atoms with Gasteiger partial charge in [-0.25, -0.2) is 0 Å². The minimum Gasteiger partial charge on any atom is -0.455 e. The molecule has 0 amide bonds. The minimum atomic E-state index is 0.0135. The van der Waals surface area contributed by atoms with Crippen molar-refractivity contribution in [2.75, 3.05) is 5.73 Å². The van der Waals surface area contributed by atoms with E-state index in [4.69, 9.17) is 27.2 Å². The van der Waals surface area contributed by atoms with Crippen molar-refractivity contribution in [1.82, 2.24) is 0 Å². The molecule has 0 bridgehead atoms. The van der Waals surface area contributed by atoms with Crippen LogP contribution in [0, 0.1) is 0 Å². The molecule has 2 rings (SSSR count). The number of halogens is 1. The molecule has 0 fully saturated rings. The first kappa shape index (κ1) is 11.8. The molecule has 0 atom stereocenters. The van der Waals surface area contributed by atoms with Crippen LogP contribution in [0.5, 0.6) is 11.5 Å². The van der Waals surface area contributed by atoms with Gasteiger partial charge in [-0.3, -0.25) is 0 Å². The molecule has 88 valence electrons. The van der Waals surface area contributed by atoms with E-state index in [9.17, 15) is 0 Å². The van der Waals surface area contributed by atoms with E-state index < -0.39 is 0 Å². The zero-order chi connectivity index (χ0) is 12.3. The van der Waals surface area contributed by atoms with Crippen LogP contribution in [0.15, 0.2) is 42.5 Å². The van der Waals surface area contributed by atoms with E-state index in [1.54, 1.807) is 42.5 Å². The van der Waals surface area contributed by atoms with E-state index in [1.807, 2.05) is 0 Å². The fourth-order valence-electron chi connectivity index (χ4n) is 1.39. The highest BCUT2D eigenvalue weighted by Gasteiger charge is 2.03. The molecule has 2 aromatic carbocycles. The second-order valence-electron chi connectivity index (χ2n) is 3.59. The third-order valence-electron chi connectivity index (χ3n) is 2.31. The van der Waals surface area contributed by atoms with Crippen LogP contribution >= 0.6 is 11.6 Å². The van der Waals surface area contributed by atoms with Crippen molar-refractivity contribution in [2.45, 2.75) is 6.61 Å². The average Bonchev–Trinajstić information content (AvgIpc) is 2.35. The SMILES string of the molecule is Nc1ccc(Cl)cc1Oc1ccc(CO)cc1. The summed E-state index contributed by atoms with van der Waals surface area (Å²) in [6.45, 7) is 0.0135. The summed E-state index contributed by atoms with van der Waals surface area (Å²) in [6, 6.07) is 12.2. The van der Waals surface area contributed by atoms with Crippen molar-refractivity contribution in [3.8, 4) is 11.5 Å². The predicted octanol–water partition coefficient (Wildman–Crippen LogP) is 3.21. The molecule has 0 heterocycles. The molecule has 0 aliphatic carbocycles. The molecule has 3 N–H and O–H groups in total. The van der Waals surface area contributed by atoms with E-state index in [0.29, 0.717) is 22.2 Å². The Kier molecular flexibility index (Phi) is 3.52. The van der Waals surface area contributed by atoms with Crippen LogP contribution in [0.3, 0.4) is 0 Å². The van der Waals surface area contributed by atoms with Gasteiger partial charge in [-0.15, -0.1) is 0 Å². The monoisotopic (exact) mass is 249 g/mol. The molecule has 0 spiro atoms. The number of rotatable bonds is 3. The quantitative estimate of drug-likeness (QED) is 0.822. The number of nitrogens with two attached hydrogens (primary N) is 1. The van der Waals surface area contributed by atoms with Gasteiger partial charge in [0.05, 0.1) is 12.3 Å². The summed E-state index contributed by atoms with van der Waals surface area (Å²) in [5.74, 6) is 1.17. The van der Waals surface area contributed by atoms with E-state index in [1.165, 1.54) is 0 Å². The molecule has 0 unspecified atom stereocenters. The molecule has 0 aliphatic rings. The maximum absolute atomic E-state index is 8.92. The highest BCUT2D eigenvalue weighted by Crippen LogP contribution is 2.30. The van der Waals surface area contributed by atoms with Crippen LogP contribution in [0.4, 0.5) is 5.69 Å². The Morgan fingerprint density at radius 3 is 2.47 bits per heavy atom. The molecule has 2 aromatic rings. The van der Waals surface area contributed by atoms with Gasteiger partial charge in [-0.05, 0) is 29.8 Å². The van der Waals surface area contributed by atoms with Gasteiger partial charge in [-0.2, -0.15) is 0 Å². The highest BCUT2D eigenvalue weighted by molar-refractivity contribution is 6.30. The van der Waals surface area contributed by atoms with Gasteiger partial charge >= 0.3 is 0 Å². The lowest BCUT2D eigenvalue weighted by Gasteiger charge is -2.09. The Morgan fingerprint density at radius 2 is 1.82 bits per heavy atom. The van der Waals surface area contributed by atoms with Gasteiger partial charge in [0.15, 0.2) is 5.75 Å². The second-order valence-corrected chi connectivity index (χ2v) is 4.02. The maximum atomic E-state index is 8.92. The summed E-state index contributed by atoms with van der Waals surface area (Å²) in [6.07, 6.45) is 0. The Hall–Kier alpha value is -1.71. The normalized spacial score (nSPS) is 10.2. The second kappa shape index (κ2) is 5.08. The lowest BCUT2D eigenvalue weighted by Crippen LogP contribution is -1.92. The molecule has 0 radical (unpaired) electrons. The lowest BCUT2D eigenvalue weighted by molar-refractivity contribution is 0.281. The van der Waals surface area contributed by atoms with E-state index in [2.05, 4.69) is 0 Å². The van der Waals surface area contributed by atoms with Crippen molar-refractivity contribution in [2.24, 2.45) is 0 Å². The minimum absolute atomic E-state index is 0.0135. The molecular weight excluding hydrogens is 238 g/mol. The first-order valence-corrected chi connectivity index (χ1v) is 5.49. The molecule has 17 heavy (non-hydrogen) atoms. The van der Waals surface area contributed by atoms with Gasteiger partial charge in [0, 0.05) is 11.1 Å². The third-order valence-corrected chi connectivity index (χ3v) is 2.54. The first-order valence-electron chi connectivity index (χ1n) is 5.12. The number of aliphatic hydroxyl groups excluding tert-OH is 1. The van der Waals surface area contributed by atoms with Crippen LogP contribution in [0.1, 0.15) is 5.56 Å². The number of ether oxygens (including phenoxy) is 1. The zero-order valence-electron chi connectivity index (χ0n) is 9.06. The Morgan fingerprint density at radius 1 is 1.12 bits per heavy atom. The molecule has 0 aromatic heterocycles. The molecule has 4 heteroatoms. The van der Waals surface area contributed by atoms with Gasteiger partial charge in [0.2, 0.25) is 0 Å². The number of nitrogen functional groups attached to an aromatic ring is 1. The maximum Gasteiger partial charge on any atom is 0.151 e. The van der Waals surface area contributed by atoms with E-state index >= 15 is 0 Å². The van der Waals surface area contributed by atoms with Crippen molar-refractivity contribution >= 4 is 17.3 Å². The Balaban J connectivity index is 2.22. The number of anilines is 1. The number of benzene rings is 2. The number of aliphatic hydroxyl groups is 1. The van der Waals surface area contributed by atoms with Crippen molar-refractivity contribution in [1.29, 1.82) is 0 Å². The van der Waals surface area contributed by atoms with Crippen LogP contribution in [0.25, 0.3) is 0 Å². The van der Waals surface area contributed by atoms with E-state index in [-0.39, 0.29) is 6.61 Å². The van der Waals surface area contributed by atoms with Gasteiger partial charge < -0.3 is 15.6 Å². The van der Waals surface area contributed by atoms with E-state index in [0.717, 1.165) is 5.56 Å².